The fraction of sp³-hybridized carbons (Fsp3) is 0.0645. The summed E-state index contributed by atoms with van der Waals surface area (Å²) in [4.78, 5) is 13.9. The van der Waals surface area contributed by atoms with Gasteiger partial charge in [0.25, 0.3) is 0 Å². The Bertz CT molecular complexity index is 2070. The molecule has 35 heavy (non-hydrogen) atoms. The summed E-state index contributed by atoms with van der Waals surface area (Å²) in [5.74, 6) is 0. The average molecular weight is 447 g/mol. The minimum absolute atomic E-state index is 0.952. The molecule has 4 heteroatoms. The number of benzene rings is 3. The van der Waals surface area contributed by atoms with E-state index in [9.17, 15) is 0 Å². The van der Waals surface area contributed by atoms with Gasteiger partial charge in [0.05, 0.1) is 28.9 Å². The van der Waals surface area contributed by atoms with Crippen LogP contribution in [-0.4, -0.2) is 19.4 Å². The lowest BCUT2D eigenvalue weighted by molar-refractivity contribution is 1.21. The van der Waals surface area contributed by atoms with Gasteiger partial charge in [0, 0.05) is 23.2 Å². The van der Waals surface area contributed by atoms with Crippen LogP contribution < -0.4 is 0 Å². The van der Waals surface area contributed by atoms with Crippen LogP contribution in [0.15, 0.2) is 85.5 Å². The summed E-state index contributed by atoms with van der Waals surface area (Å²) in [6, 6.07) is 22.6. The molecule has 0 amide bonds. The molecule has 0 saturated carbocycles. The van der Waals surface area contributed by atoms with Crippen LogP contribution >= 0.6 is 0 Å². The Morgan fingerprint density at radius 1 is 0.571 bits per heavy atom. The van der Waals surface area contributed by atoms with E-state index in [4.69, 9.17) is 4.98 Å². The summed E-state index contributed by atoms with van der Waals surface area (Å²) in [7, 11) is 0. The molecule has 0 atom stereocenters. The van der Waals surface area contributed by atoms with Gasteiger partial charge in [-0.1, -0.05) is 30.3 Å². The second-order valence-corrected chi connectivity index (χ2v) is 9.76. The summed E-state index contributed by atoms with van der Waals surface area (Å²) in [5, 5.41) is 3.61. The largest absolute Gasteiger partial charge is 0.289 e. The number of aromatic nitrogens is 4. The first-order valence-corrected chi connectivity index (χ1v) is 12.0. The van der Waals surface area contributed by atoms with Crippen LogP contribution in [0.2, 0.25) is 0 Å². The van der Waals surface area contributed by atoms with E-state index < -0.39 is 0 Å². The zero-order valence-electron chi connectivity index (χ0n) is 18.8. The van der Waals surface area contributed by atoms with Crippen molar-refractivity contribution in [1.29, 1.82) is 0 Å². The van der Waals surface area contributed by atoms with Gasteiger partial charge in [0.2, 0.25) is 0 Å². The van der Waals surface area contributed by atoms with E-state index in [0.717, 1.165) is 35.0 Å². The Hall–Kier alpha value is -4.57. The predicted molar refractivity (Wildman–Crippen MR) is 140 cm³/mol. The normalized spacial score (nSPS) is 13.5. The monoisotopic (exact) mass is 446 g/mol. The summed E-state index contributed by atoms with van der Waals surface area (Å²) in [6.45, 7) is 0. The molecule has 2 aliphatic carbocycles. The molecule has 0 fully saturated rings. The molecule has 4 heterocycles. The average Bonchev–Trinajstić information content (AvgIpc) is 3.57. The number of hydrogen-bond acceptors (Lipinski definition) is 3. The lowest BCUT2D eigenvalue weighted by Crippen LogP contribution is -1.93. The van der Waals surface area contributed by atoms with Crippen LogP contribution in [0.5, 0.6) is 0 Å². The Morgan fingerprint density at radius 2 is 1.31 bits per heavy atom. The zero-order valence-corrected chi connectivity index (χ0v) is 18.8. The number of hydrogen-bond donors (Lipinski definition) is 0. The Balaban J connectivity index is 1.40. The van der Waals surface area contributed by atoms with Crippen LogP contribution in [0, 0.1) is 0 Å². The molecule has 7 aromatic rings. The van der Waals surface area contributed by atoms with Gasteiger partial charge in [-0.3, -0.25) is 14.4 Å². The molecule has 0 bridgehead atoms. The fourth-order valence-corrected chi connectivity index (χ4v) is 6.43. The summed E-state index contributed by atoms with van der Waals surface area (Å²) in [5.41, 5.74) is 15.2. The van der Waals surface area contributed by atoms with E-state index in [-0.39, 0.29) is 0 Å². The third-order valence-electron chi connectivity index (χ3n) is 7.96. The SMILES string of the molecule is c1ccc2c(c1)Cc1cc3c(cc1-2)-c1cc2c(cc1C3)c1ccncc1n1c3cnccc3nc21. The van der Waals surface area contributed by atoms with Gasteiger partial charge in [-0.05, 0) is 93.1 Å². The van der Waals surface area contributed by atoms with Gasteiger partial charge in [-0.25, -0.2) is 4.98 Å². The maximum Gasteiger partial charge on any atom is 0.146 e. The molecule has 0 saturated heterocycles. The van der Waals surface area contributed by atoms with Crippen molar-refractivity contribution in [2.24, 2.45) is 0 Å². The molecule has 0 aliphatic heterocycles. The quantitative estimate of drug-likeness (QED) is 0.243. The number of rotatable bonds is 0. The van der Waals surface area contributed by atoms with Gasteiger partial charge in [-0.15, -0.1) is 0 Å². The van der Waals surface area contributed by atoms with Gasteiger partial charge in [-0.2, -0.15) is 0 Å². The molecule has 162 valence electrons. The third-order valence-corrected chi connectivity index (χ3v) is 7.96. The highest BCUT2D eigenvalue weighted by molar-refractivity contribution is 6.15. The second-order valence-electron chi connectivity index (χ2n) is 9.76. The molecule has 9 rings (SSSR count). The van der Waals surface area contributed by atoms with Crippen molar-refractivity contribution in [2.75, 3.05) is 0 Å². The van der Waals surface area contributed by atoms with E-state index in [1.54, 1.807) is 0 Å². The van der Waals surface area contributed by atoms with Gasteiger partial charge < -0.3 is 0 Å². The van der Waals surface area contributed by atoms with Crippen molar-refractivity contribution in [1.82, 2.24) is 19.4 Å². The van der Waals surface area contributed by atoms with E-state index in [1.807, 2.05) is 30.9 Å². The molecular formula is C31H18N4. The lowest BCUT2D eigenvalue weighted by atomic mass is 9.96. The Morgan fingerprint density at radius 3 is 2.26 bits per heavy atom. The maximum atomic E-state index is 5.06. The fourth-order valence-electron chi connectivity index (χ4n) is 6.43. The van der Waals surface area contributed by atoms with Crippen LogP contribution in [0.1, 0.15) is 22.3 Å². The summed E-state index contributed by atoms with van der Waals surface area (Å²) < 4.78 is 2.22. The minimum Gasteiger partial charge on any atom is -0.289 e. The molecule has 3 aromatic carbocycles. The lowest BCUT2D eigenvalue weighted by Gasteiger charge is -2.11. The van der Waals surface area contributed by atoms with Gasteiger partial charge in [0.15, 0.2) is 0 Å². The number of imidazole rings is 1. The van der Waals surface area contributed by atoms with Crippen molar-refractivity contribution in [3.8, 4) is 22.3 Å². The highest BCUT2D eigenvalue weighted by Gasteiger charge is 2.26. The van der Waals surface area contributed by atoms with E-state index in [1.165, 1.54) is 60.7 Å². The molecule has 0 radical (unpaired) electrons. The van der Waals surface area contributed by atoms with Crippen LogP contribution in [0.25, 0.3) is 60.6 Å². The predicted octanol–water partition coefficient (Wildman–Crippen LogP) is 6.73. The number of nitrogens with zero attached hydrogens (tertiary/aromatic N) is 4. The van der Waals surface area contributed by atoms with Crippen molar-refractivity contribution < 1.29 is 0 Å². The first-order valence-electron chi connectivity index (χ1n) is 12.0. The number of fused-ring (bicyclic) bond motifs is 14. The van der Waals surface area contributed by atoms with E-state index >= 15 is 0 Å². The second kappa shape index (κ2) is 6.10. The van der Waals surface area contributed by atoms with Crippen LogP contribution in [0.4, 0.5) is 0 Å². The first-order chi connectivity index (χ1) is 17.3. The van der Waals surface area contributed by atoms with Crippen LogP contribution in [-0.2, 0) is 12.8 Å². The zero-order chi connectivity index (χ0) is 22.7. The summed E-state index contributed by atoms with van der Waals surface area (Å²) in [6.07, 6.45) is 9.54. The molecule has 4 nitrogen and oxygen atoms in total. The standard InChI is InChI=1S/C31H18N4/c1-2-4-21-17(3-1)9-18-10-19-11-20-12-26-22-5-7-32-15-29(22)35-30-16-33-8-6-28(30)34-31(35)27(26)14-25(20)24(19)13-23(18)21/h1-8,10,12-16H,9,11H2. The highest BCUT2D eigenvalue weighted by Crippen LogP contribution is 2.46. The molecule has 0 N–H and O–H groups in total. The van der Waals surface area contributed by atoms with Crippen molar-refractivity contribution in [3.05, 3.63) is 108 Å². The maximum absolute atomic E-state index is 5.06. The molecule has 0 spiro atoms. The molecule has 4 aromatic heterocycles. The third kappa shape index (κ3) is 2.20. The topological polar surface area (TPSA) is 43.1 Å². The Labute approximate surface area is 200 Å². The highest BCUT2D eigenvalue weighted by atomic mass is 15.0. The van der Waals surface area contributed by atoms with E-state index in [2.05, 4.69) is 69.0 Å². The van der Waals surface area contributed by atoms with Crippen molar-refractivity contribution in [2.45, 2.75) is 12.8 Å². The number of pyridine rings is 3. The van der Waals surface area contributed by atoms with E-state index in [0.29, 0.717) is 0 Å². The Kier molecular flexibility index (Phi) is 3.11. The smallest absolute Gasteiger partial charge is 0.146 e. The first kappa shape index (κ1) is 17.8. The van der Waals surface area contributed by atoms with Crippen molar-refractivity contribution >= 4 is 38.4 Å². The van der Waals surface area contributed by atoms with Gasteiger partial charge >= 0.3 is 0 Å². The molecular weight excluding hydrogens is 428 g/mol. The molecule has 0 unspecified atom stereocenters. The van der Waals surface area contributed by atoms with Gasteiger partial charge in [0.1, 0.15) is 5.65 Å². The summed E-state index contributed by atoms with van der Waals surface area (Å²) >= 11 is 0. The molecule has 2 aliphatic rings. The minimum atomic E-state index is 0.952. The van der Waals surface area contributed by atoms with Crippen LogP contribution in [0.3, 0.4) is 0 Å². The van der Waals surface area contributed by atoms with Crippen molar-refractivity contribution in [3.63, 3.8) is 0 Å².